The summed E-state index contributed by atoms with van der Waals surface area (Å²) in [6.07, 6.45) is 11.5. The lowest BCUT2D eigenvalue weighted by Gasteiger charge is -2.60. The first-order valence-corrected chi connectivity index (χ1v) is 9.69. The molecule has 4 heteroatoms. The SMILES string of the molecule is CC(C(=O)N(CCC#N)C12CC3CC(CC(C3)C1)C2)c1cccnc1. The Morgan fingerprint density at radius 2 is 1.96 bits per heavy atom. The van der Waals surface area contributed by atoms with Crippen LogP contribution in [0.5, 0.6) is 0 Å². The summed E-state index contributed by atoms with van der Waals surface area (Å²) in [7, 11) is 0. The molecule has 1 amide bonds. The van der Waals surface area contributed by atoms with Gasteiger partial charge in [-0.1, -0.05) is 6.07 Å². The van der Waals surface area contributed by atoms with Gasteiger partial charge in [0, 0.05) is 24.5 Å². The van der Waals surface area contributed by atoms with Crippen molar-refractivity contribution in [3.8, 4) is 6.07 Å². The van der Waals surface area contributed by atoms with Crippen LogP contribution in [-0.2, 0) is 4.79 Å². The van der Waals surface area contributed by atoms with Crippen molar-refractivity contribution in [2.24, 2.45) is 17.8 Å². The van der Waals surface area contributed by atoms with Crippen LogP contribution in [0.1, 0.15) is 63.4 Å². The van der Waals surface area contributed by atoms with Crippen molar-refractivity contribution in [3.05, 3.63) is 30.1 Å². The lowest BCUT2D eigenvalue weighted by atomic mass is 9.52. The van der Waals surface area contributed by atoms with E-state index in [-0.39, 0.29) is 17.4 Å². The van der Waals surface area contributed by atoms with Crippen LogP contribution in [0.4, 0.5) is 0 Å². The van der Waals surface area contributed by atoms with Crippen molar-refractivity contribution in [1.82, 2.24) is 9.88 Å². The fraction of sp³-hybridized carbons (Fsp3) is 0.667. The molecule has 4 saturated carbocycles. The summed E-state index contributed by atoms with van der Waals surface area (Å²) in [5.74, 6) is 2.36. The van der Waals surface area contributed by atoms with Crippen LogP contribution in [-0.4, -0.2) is 27.9 Å². The molecule has 1 atom stereocenters. The Bertz CT molecular complexity index is 643. The van der Waals surface area contributed by atoms with E-state index >= 15 is 0 Å². The largest absolute Gasteiger partial charge is 0.335 e. The van der Waals surface area contributed by atoms with Gasteiger partial charge >= 0.3 is 0 Å². The minimum Gasteiger partial charge on any atom is -0.335 e. The van der Waals surface area contributed by atoms with Crippen molar-refractivity contribution < 1.29 is 4.79 Å². The average molecular weight is 337 g/mol. The second kappa shape index (κ2) is 6.44. The van der Waals surface area contributed by atoms with Crippen LogP contribution in [0, 0.1) is 29.1 Å². The number of pyridine rings is 1. The van der Waals surface area contributed by atoms with Gasteiger partial charge in [0.15, 0.2) is 0 Å². The highest BCUT2D eigenvalue weighted by Crippen LogP contribution is 2.58. The molecule has 0 N–H and O–H groups in total. The highest BCUT2D eigenvalue weighted by Gasteiger charge is 2.54. The van der Waals surface area contributed by atoms with Gasteiger partial charge in [0.05, 0.1) is 18.4 Å². The molecule has 0 aromatic carbocycles. The van der Waals surface area contributed by atoms with E-state index in [0.29, 0.717) is 13.0 Å². The quantitative estimate of drug-likeness (QED) is 0.819. The summed E-state index contributed by atoms with van der Waals surface area (Å²) in [5.41, 5.74) is 0.985. The van der Waals surface area contributed by atoms with E-state index < -0.39 is 0 Å². The minimum atomic E-state index is -0.194. The second-order valence-corrected chi connectivity index (χ2v) is 8.55. The van der Waals surface area contributed by atoms with E-state index in [2.05, 4.69) is 16.0 Å². The molecule has 4 bridgehead atoms. The van der Waals surface area contributed by atoms with Gasteiger partial charge < -0.3 is 4.90 Å². The van der Waals surface area contributed by atoms with E-state index in [0.717, 1.165) is 42.6 Å². The van der Waals surface area contributed by atoms with Gasteiger partial charge in [-0.2, -0.15) is 5.26 Å². The number of carbonyl (C=O) groups excluding carboxylic acids is 1. The molecule has 1 aromatic rings. The number of nitrogens with zero attached hydrogens (tertiary/aromatic N) is 3. The minimum absolute atomic E-state index is 0.0130. The predicted octanol–water partition coefficient (Wildman–Crippen LogP) is 3.90. The van der Waals surface area contributed by atoms with E-state index in [1.807, 2.05) is 19.1 Å². The molecule has 4 fully saturated rings. The Morgan fingerprint density at radius 1 is 1.32 bits per heavy atom. The number of hydrogen-bond donors (Lipinski definition) is 0. The van der Waals surface area contributed by atoms with Gasteiger partial charge in [0.1, 0.15) is 0 Å². The van der Waals surface area contributed by atoms with Crippen LogP contribution in [0.3, 0.4) is 0 Å². The zero-order valence-electron chi connectivity index (χ0n) is 15.0. The van der Waals surface area contributed by atoms with Gasteiger partial charge in [-0.3, -0.25) is 9.78 Å². The second-order valence-electron chi connectivity index (χ2n) is 8.55. The molecule has 1 heterocycles. The zero-order chi connectivity index (χ0) is 17.4. The summed E-state index contributed by atoms with van der Waals surface area (Å²) in [4.78, 5) is 19.8. The molecule has 1 aromatic heterocycles. The van der Waals surface area contributed by atoms with E-state index in [1.54, 1.807) is 12.4 Å². The molecule has 1 unspecified atom stereocenters. The maximum atomic E-state index is 13.5. The van der Waals surface area contributed by atoms with Crippen LogP contribution in [0.15, 0.2) is 24.5 Å². The smallest absolute Gasteiger partial charge is 0.230 e. The molecule has 5 rings (SSSR count). The first-order valence-electron chi connectivity index (χ1n) is 9.69. The normalized spacial score (nSPS) is 33.7. The monoisotopic (exact) mass is 337 g/mol. The summed E-state index contributed by atoms with van der Waals surface area (Å²) in [6, 6.07) is 6.13. The molecule has 0 radical (unpaired) electrons. The van der Waals surface area contributed by atoms with Crippen LogP contribution >= 0.6 is 0 Å². The molecule has 0 aliphatic heterocycles. The Labute approximate surface area is 150 Å². The molecule has 132 valence electrons. The van der Waals surface area contributed by atoms with Crippen LogP contribution in [0.25, 0.3) is 0 Å². The third kappa shape index (κ3) is 2.94. The number of amides is 1. The van der Waals surface area contributed by atoms with Crippen LogP contribution in [0.2, 0.25) is 0 Å². The van der Waals surface area contributed by atoms with Gasteiger partial charge in [-0.05, 0) is 74.8 Å². The fourth-order valence-corrected chi connectivity index (χ4v) is 6.15. The summed E-state index contributed by atoms with van der Waals surface area (Å²) in [6.45, 7) is 2.56. The number of carbonyl (C=O) groups is 1. The van der Waals surface area contributed by atoms with E-state index in [4.69, 9.17) is 5.26 Å². The summed E-state index contributed by atoms with van der Waals surface area (Å²) >= 11 is 0. The summed E-state index contributed by atoms with van der Waals surface area (Å²) < 4.78 is 0. The number of rotatable bonds is 5. The number of aromatic nitrogens is 1. The van der Waals surface area contributed by atoms with Crippen molar-refractivity contribution in [1.29, 1.82) is 5.26 Å². The van der Waals surface area contributed by atoms with Crippen molar-refractivity contribution in [2.75, 3.05) is 6.54 Å². The summed E-state index contributed by atoms with van der Waals surface area (Å²) in [5, 5.41) is 9.14. The molecule has 4 aliphatic rings. The molecular weight excluding hydrogens is 310 g/mol. The molecule has 4 aliphatic carbocycles. The maximum Gasteiger partial charge on any atom is 0.230 e. The third-order valence-electron chi connectivity index (χ3n) is 6.85. The predicted molar refractivity (Wildman–Crippen MR) is 95.5 cm³/mol. The van der Waals surface area contributed by atoms with Crippen molar-refractivity contribution >= 4 is 5.91 Å². The first kappa shape index (κ1) is 16.6. The van der Waals surface area contributed by atoms with Gasteiger partial charge in [0.25, 0.3) is 0 Å². The van der Waals surface area contributed by atoms with Gasteiger partial charge in [-0.25, -0.2) is 0 Å². The maximum absolute atomic E-state index is 13.5. The topological polar surface area (TPSA) is 57.0 Å². The van der Waals surface area contributed by atoms with Crippen LogP contribution < -0.4 is 0 Å². The Morgan fingerprint density at radius 3 is 2.48 bits per heavy atom. The Hall–Kier alpha value is -1.89. The van der Waals surface area contributed by atoms with Gasteiger partial charge in [-0.15, -0.1) is 0 Å². The van der Waals surface area contributed by atoms with Crippen molar-refractivity contribution in [3.63, 3.8) is 0 Å². The molecule has 4 nitrogen and oxygen atoms in total. The van der Waals surface area contributed by atoms with E-state index in [9.17, 15) is 4.79 Å². The Balaban J connectivity index is 1.62. The lowest BCUT2D eigenvalue weighted by Crippen LogP contribution is -2.62. The average Bonchev–Trinajstić information content (AvgIpc) is 2.60. The molecule has 0 spiro atoms. The Kier molecular flexibility index (Phi) is 4.27. The van der Waals surface area contributed by atoms with Crippen molar-refractivity contribution in [2.45, 2.75) is 63.3 Å². The third-order valence-corrected chi connectivity index (χ3v) is 6.85. The van der Waals surface area contributed by atoms with Gasteiger partial charge in [0.2, 0.25) is 5.91 Å². The fourth-order valence-electron chi connectivity index (χ4n) is 6.15. The first-order chi connectivity index (χ1) is 12.1. The van der Waals surface area contributed by atoms with E-state index in [1.165, 1.54) is 19.3 Å². The number of nitriles is 1. The molecular formula is C21H27N3O. The zero-order valence-corrected chi connectivity index (χ0v) is 15.0. The molecule has 25 heavy (non-hydrogen) atoms. The highest BCUT2D eigenvalue weighted by atomic mass is 16.2. The highest BCUT2D eigenvalue weighted by molar-refractivity contribution is 5.84. The molecule has 0 saturated heterocycles. The lowest BCUT2D eigenvalue weighted by molar-refractivity contribution is -0.152. The number of hydrogen-bond acceptors (Lipinski definition) is 3. The standard InChI is InChI=1S/C21H27N3O/c1-15(19-4-2-6-23-14-19)20(25)24(7-3-5-22)21-11-16-8-17(12-21)10-18(9-16)13-21/h2,4,6,14-18H,3,7-13H2,1H3.